The number of rotatable bonds is 4. The van der Waals surface area contributed by atoms with E-state index in [9.17, 15) is 9.36 Å². The van der Waals surface area contributed by atoms with Crippen molar-refractivity contribution in [3.05, 3.63) is 30.1 Å². The van der Waals surface area contributed by atoms with Crippen LogP contribution in [0.2, 0.25) is 0 Å². The van der Waals surface area contributed by atoms with E-state index in [0.717, 1.165) is 11.0 Å². The summed E-state index contributed by atoms with van der Waals surface area (Å²) in [4.78, 5) is 35.8. The Morgan fingerprint density at radius 2 is 2.11 bits per heavy atom. The fraction of sp³-hybridized carbons (Fsp3) is 0.200. The van der Waals surface area contributed by atoms with Crippen LogP contribution in [-0.4, -0.2) is 31.9 Å². The zero-order valence-corrected chi connectivity index (χ0v) is 10.2. The summed E-state index contributed by atoms with van der Waals surface area (Å²) in [5.41, 5.74) is 1.56. The predicted octanol–water partition coefficient (Wildman–Crippen LogP) is 0.357. The van der Waals surface area contributed by atoms with Crippen molar-refractivity contribution >= 4 is 24.5 Å². The highest BCUT2D eigenvalue weighted by molar-refractivity contribution is 7.51. The lowest BCUT2D eigenvalue weighted by Gasteiger charge is -2.04. The van der Waals surface area contributed by atoms with E-state index in [-0.39, 0.29) is 6.42 Å². The summed E-state index contributed by atoms with van der Waals surface area (Å²) >= 11 is 0. The third-order valence-corrected chi connectivity index (χ3v) is 2.82. The standard InChI is InChI=1S/C10H12N3O4P/c14-10(11-6-18(15,16)17)5-9-12-7-3-1-2-4-8(7)13-9/h1-4H,5-6H2,(H,11,14)(H,12,13)(H2,15,16,17). The van der Waals surface area contributed by atoms with Crippen molar-refractivity contribution in [3.8, 4) is 0 Å². The van der Waals surface area contributed by atoms with Crippen molar-refractivity contribution in [1.82, 2.24) is 15.3 Å². The van der Waals surface area contributed by atoms with E-state index in [0.29, 0.717) is 5.82 Å². The van der Waals surface area contributed by atoms with Gasteiger partial charge in [-0.25, -0.2) is 4.98 Å². The minimum atomic E-state index is -4.22. The average Bonchev–Trinajstić information content (AvgIpc) is 2.67. The predicted molar refractivity (Wildman–Crippen MR) is 64.9 cm³/mol. The zero-order chi connectivity index (χ0) is 13.2. The van der Waals surface area contributed by atoms with Crippen LogP contribution in [-0.2, 0) is 15.8 Å². The maximum atomic E-state index is 11.4. The van der Waals surface area contributed by atoms with Crippen LogP contribution in [0.5, 0.6) is 0 Å². The Labute approximate surface area is 102 Å². The Balaban J connectivity index is 2.01. The number of aromatic amines is 1. The van der Waals surface area contributed by atoms with E-state index in [1.165, 1.54) is 0 Å². The van der Waals surface area contributed by atoms with E-state index < -0.39 is 19.8 Å². The first-order chi connectivity index (χ1) is 8.44. The molecule has 0 radical (unpaired) electrons. The second-order valence-electron chi connectivity index (χ2n) is 3.80. The molecule has 0 atom stereocenters. The molecule has 1 amide bonds. The minimum absolute atomic E-state index is 0.0469. The van der Waals surface area contributed by atoms with Crippen LogP contribution in [0.1, 0.15) is 5.82 Å². The molecule has 2 aromatic rings. The van der Waals surface area contributed by atoms with Crippen LogP contribution in [0.3, 0.4) is 0 Å². The Kier molecular flexibility index (Phi) is 3.47. The van der Waals surface area contributed by atoms with Gasteiger partial charge < -0.3 is 20.1 Å². The van der Waals surface area contributed by atoms with E-state index in [2.05, 4.69) is 15.3 Å². The average molecular weight is 269 g/mol. The smallest absolute Gasteiger partial charge is 0.344 e. The molecule has 0 bridgehead atoms. The van der Waals surface area contributed by atoms with Crippen molar-refractivity contribution in [2.45, 2.75) is 6.42 Å². The fourth-order valence-corrected chi connectivity index (χ4v) is 1.88. The lowest BCUT2D eigenvalue weighted by Crippen LogP contribution is -2.26. The number of benzene rings is 1. The highest BCUT2D eigenvalue weighted by atomic mass is 31.2. The van der Waals surface area contributed by atoms with E-state index in [1.54, 1.807) is 0 Å². The fourth-order valence-electron chi connectivity index (χ4n) is 1.50. The highest BCUT2D eigenvalue weighted by Crippen LogP contribution is 2.31. The second-order valence-corrected chi connectivity index (χ2v) is 5.45. The normalized spacial score (nSPS) is 11.7. The lowest BCUT2D eigenvalue weighted by atomic mass is 10.3. The molecule has 1 heterocycles. The Hall–Kier alpha value is -1.69. The molecule has 0 spiro atoms. The lowest BCUT2D eigenvalue weighted by molar-refractivity contribution is -0.120. The third-order valence-electron chi connectivity index (χ3n) is 2.25. The molecule has 0 aliphatic carbocycles. The number of imidazole rings is 1. The van der Waals surface area contributed by atoms with E-state index in [1.807, 2.05) is 24.3 Å². The summed E-state index contributed by atoms with van der Waals surface area (Å²) < 4.78 is 10.6. The topological polar surface area (TPSA) is 115 Å². The molecular formula is C10H12N3O4P. The third kappa shape index (κ3) is 3.40. The van der Waals surface area contributed by atoms with Gasteiger partial charge in [0.15, 0.2) is 0 Å². The quantitative estimate of drug-likeness (QED) is 0.598. The number of H-pyrrole nitrogens is 1. The molecule has 1 aromatic carbocycles. The Bertz CT molecular complexity index is 585. The number of hydrogen-bond donors (Lipinski definition) is 4. The first-order valence-electron chi connectivity index (χ1n) is 5.19. The van der Waals surface area contributed by atoms with Gasteiger partial charge in [-0.2, -0.15) is 0 Å². The van der Waals surface area contributed by atoms with Crippen molar-refractivity contribution in [2.24, 2.45) is 0 Å². The number of nitrogens with zero attached hydrogens (tertiary/aromatic N) is 1. The van der Waals surface area contributed by atoms with Crippen LogP contribution in [0.25, 0.3) is 11.0 Å². The van der Waals surface area contributed by atoms with Gasteiger partial charge in [-0.3, -0.25) is 9.36 Å². The molecular weight excluding hydrogens is 257 g/mol. The van der Waals surface area contributed by atoms with Gasteiger partial charge in [0.25, 0.3) is 0 Å². The largest absolute Gasteiger partial charge is 0.344 e. The summed E-state index contributed by atoms with van der Waals surface area (Å²) in [5, 5.41) is 2.15. The van der Waals surface area contributed by atoms with Gasteiger partial charge in [0.1, 0.15) is 12.1 Å². The summed E-state index contributed by atoms with van der Waals surface area (Å²) in [6.45, 7) is 0. The molecule has 0 aliphatic rings. The molecule has 7 nitrogen and oxygen atoms in total. The zero-order valence-electron chi connectivity index (χ0n) is 9.33. The van der Waals surface area contributed by atoms with Crippen molar-refractivity contribution in [3.63, 3.8) is 0 Å². The molecule has 4 N–H and O–H groups in total. The number of amides is 1. The maximum Gasteiger partial charge on any atom is 0.344 e. The molecule has 1 aromatic heterocycles. The molecule has 0 aliphatic heterocycles. The number of carbonyl (C=O) groups is 1. The molecule has 0 unspecified atom stereocenters. The number of nitrogens with one attached hydrogen (secondary N) is 2. The van der Waals surface area contributed by atoms with Crippen LogP contribution in [0.4, 0.5) is 0 Å². The van der Waals surface area contributed by atoms with E-state index >= 15 is 0 Å². The van der Waals surface area contributed by atoms with Gasteiger partial charge >= 0.3 is 7.60 Å². The van der Waals surface area contributed by atoms with Crippen LogP contribution >= 0.6 is 7.60 Å². The Morgan fingerprint density at radius 1 is 1.39 bits per heavy atom. The van der Waals surface area contributed by atoms with Crippen LogP contribution < -0.4 is 5.32 Å². The van der Waals surface area contributed by atoms with Crippen molar-refractivity contribution in [1.29, 1.82) is 0 Å². The van der Waals surface area contributed by atoms with Crippen molar-refractivity contribution < 1.29 is 19.1 Å². The number of para-hydroxylation sites is 2. The number of aromatic nitrogens is 2. The number of carbonyl (C=O) groups excluding carboxylic acids is 1. The van der Waals surface area contributed by atoms with Crippen LogP contribution in [0.15, 0.2) is 24.3 Å². The van der Waals surface area contributed by atoms with Gasteiger partial charge in [0, 0.05) is 0 Å². The molecule has 0 saturated carbocycles. The minimum Gasteiger partial charge on any atom is -0.344 e. The van der Waals surface area contributed by atoms with Crippen molar-refractivity contribution in [2.75, 3.05) is 6.29 Å². The summed E-state index contributed by atoms with van der Waals surface area (Å²) in [5.74, 6) is -0.0307. The molecule has 8 heteroatoms. The molecule has 18 heavy (non-hydrogen) atoms. The second kappa shape index (κ2) is 4.89. The summed E-state index contributed by atoms with van der Waals surface area (Å²) in [6, 6.07) is 7.32. The molecule has 96 valence electrons. The first-order valence-corrected chi connectivity index (χ1v) is 6.99. The van der Waals surface area contributed by atoms with Gasteiger partial charge in [-0.15, -0.1) is 0 Å². The molecule has 2 rings (SSSR count). The van der Waals surface area contributed by atoms with Crippen LogP contribution in [0, 0.1) is 0 Å². The maximum absolute atomic E-state index is 11.4. The highest BCUT2D eigenvalue weighted by Gasteiger charge is 2.15. The number of fused-ring (bicyclic) bond motifs is 1. The van der Waals surface area contributed by atoms with Gasteiger partial charge in [0.05, 0.1) is 17.5 Å². The monoisotopic (exact) mass is 269 g/mol. The summed E-state index contributed by atoms with van der Waals surface area (Å²) in [6.07, 6.45) is -0.708. The number of hydrogen-bond acceptors (Lipinski definition) is 3. The first kappa shape index (κ1) is 12.8. The molecule has 0 fully saturated rings. The summed E-state index contributed by atoms with van der Waals surface area (Å²) in [7, 11) is -4.22. The SMILES string of the molecule is O=C(Cc1nc2ccccc2[nH]1)NCP(=O)(O)O. The van der Waals surface area contributed by atoms with E-state index in [4.69, 9.17) is 9.79 Å². The van der Waals surface area contributed by atoms with Gasteiger partial charge in [-0.05, 0) is 12.1 Å². The van der Waals surface area contributed by atoms with Gasteiger partial charge in [0.2, 0.25) is 5.91 Å². The Morgan fingerprint density at radius 3 is 2.78 bits per heavy atom. The van der Waals surface area contributed by atoms with Gasteiger partial charge in [-0.1, -0.05) is 12.1 Å². The molecule has 0 saturated heterocycles.